The minimum Gasteiger partial charge on any atom is -0.472 e. The molecule has 27 heavy (non-hydrogen) atoms. The van der Waals surface area contributed by atoms with E-state index in [9.17, 15) is 13.2 Å². The van der Waals surface area contributed by atoms with Crippen LogP contribution < -0.4 is 10.0 Å². The number of amides is 1. The van der Waals surface area contributed by atoms with Gasteiger partial charge in [-0.3, -0.25) is 9.52 Å². The van der Waals surface area contributed by atoms with Gasteiger partial charge in [-0.2, -0.15) is 0 Å². The first kappa shape index (κ1) is 19.3. The highest BCUT2D eigenvalue weighted by Crippen LogP contribution is 2.25. The van der Waals surface area contributed by atoms with Gasteiger partial charge in [-0.05, 0) is 48.5 Å². The molecule has 0 atom stereocenters. The third kappa shape index (κ3) is 4.82. The molecule has 2 aromatic carbocycles. The molecule has 6 nitrogen and oxygen atoms in total. The summed E-state index contributed by atoms with van der Waals surface area (Å²) in [5.41, 5.74) is 1.28. The lowest BCUT2D eigenvalue weighted by Crippen LogP contribution is -2.23. The Morgan fingerprint density at radius 3 is 2.44 bits per heavy atom. The molecule has 0 bridgehead atoms. The summed E-state index contributed by atoms with van der Waals surface area (Å²) in [4.78, 5) is 12.1. The van der Waals surface area contributed by atoms with Gasteiger partial charge in [0.15, 0.2) is 0 Å². The van der Waals surface area contributed by atoms with Gasteiger partial charge in [-0.1, -0.05) is 23.2 Å². The lowest BCUT2D eigenvalue weighted by atomic mass is 10.2. The Hall–Kier alpha value is -2.48. The minimum atomic E-state index is -3.99. The number of benzene rings is 2. The van der Waals surface area contributed by atoms with Crippen LogP contribution >= 0.6 is 23.2 Å². The number of halogens is 2. The van der Waals surface area contributed by atoms with Crippen molar-refractivity contribution in [2.24, 2.45) is 0 Å². The fourth-order valence-electron chi connectivity index (χ4n) is 2.26. The summed E-state index contributed by atoms with van der Waals surface area (Å²) in [7, 11) is -3.99. The van der Waals surface area contributed by atoms with E-state index in [2.05, 4.69) is 10.0 Å². The van der Waals surface area contributed by atoms with Crippen LogP contribution in [0.15, 0.2) is 70.4 Å². The molecule has 0 saturated carbocycles. The van der Waals surface area contributed by atoms with E-state index < -0.39 is 15.9 Å². The van der Waals surface area contributed by atoms with E-state index in [0.29, 0.717) is 10.7 Å². The largest absolute Gasteiger partial charge is 0.472 e. The molecule has 1 heterocycles. The van der Waals surface area contributed by atoms with E-state index >= 15 is 0 Å². The number of nitrogens with one attached hydrogen (secondary N) is 2. The summed E-state index contributed by atoms with van der Waals surface area (Å²) in [6.07, 6.45) is 3.00. The SMILES string of the molecule is O=C(NCc1ccoc1)c1ccc(Cl)c(S(=O)(=O)Nc2ccc(Cl)cc2)c1. The Balaban J connectivity index is 1.81. The van der Waals surface area contributed by atoms with E-state index in [1.165, 1.54) is 42.9 Å². The van der Waals surface area contributed by atoms with Crippen molar-refractivity contribution in [2.45, 2.75) is 11.4 Å². The van der Waals surface area contributed by atoms with Crippen LogP contribution in [0, 0.1) is 0 Å². The maximum absolute atomic E-state index is 12.7. The van der Waals surface area contributed by atoms with E-state index in [1.54, 1.807) is 18.2 Å². The van der Waals surface area contributed by atoms with Crippen molar-refractivity contribution in [3.63, 3.8) is 0 Å². The van der Waals surface area contributed by atoms with Gasteiger partial charge in [0.25, 0.3) is 15.9 Å². The number of rotatable bonds is 6. The Bertz CT molecular complexity index is 1050. The van der Waals surface area contributed by atoms with Gasteiger partial charge < -0.3 is 9.73 Å². The van der Waals surface area contributed by atoms with E-state index in [4.69, 9.17) is 27.6 Å². The topological polar surface area (TPSA) is 88.4 Å². The minimum absolute atomic E-state index is 0.00264. The van der Waals surface area contributed by atoms with Gasteiger partial charge in [-0.25, -0.2) is 8.42 Å². The number of furan rings is 1. The van der Waals surface area contributed by atoms with Crippen LogP contribution in [0.25, 0.3) is 0 Å². The normalized spacial score (nSPS) is 11.2. The fraction of sp³-hybridized carbons (Fsp3) is 0.0556. The molecule has 1 aromatic heterocycles. The van der Waals surface area contributed by atoms with E-state index in [0.717, 1.165) is 5.56 Å². The summed E-state index contributed by atoms with van der Waals surface area (Å²) in [6.45, 7) is 0.253. The number of sulfonamides is 1. The molecule has 0 radical (unpaired) electrons. The summed E-state index contributed by atoms with van der Waals surface area (Å²) in [5.74, 6) is -0.434. The molecule has 2 N–H and O–H groups in total. The Morgan fingerprint density at radius 2 is 1.78 bits per heavy atom. The molecular weight excluding hydrogens is 411 g/mol. The second-order valence-corrected chi connectivity index (χ2v) is 8.07. The standard InChI is InChI=1S/C18H14Cl2N2O4S/c19-14-2-4-15(5-3-14)22-27(24,25)17-9-13(1-6-16(17)20)18(23)21-10-12-7-8-26-11-12/h1-9,11,22H,10H2,(H,21,23). The Labute approximate surface area is 166 Å². The second-order valence-electron chi connectivity index (χ2n) is 5.57. The lowest BCUT2D eigenvalue weighted by Gasteiger charge is -2.11. The number of carbonyl (C=O) groups is 1. The first-order valence-electron chi connectivity index (χ1n) is 7.72. The van der Waals surface area contributed by atoms with E-state index in [1.807, 2.05) is 0 Å². The van der Waals surface area contributed by atoms with Crippen LogP contribution in [-0.4, -0.2) is 14.3 Å². The first-order chi connectivity index (χ1) is 12.8. The molecule has 0 spiro atoms. The summed E-state index contributed by atoms with van der Waals surface area (Å²) in [6, 6.07) is 11.9. The molecule has 3 rings (SSSR count). The number of carbonyl (C=O) groups excluding carboxylic acids is 1. The van der Waals surface area contributed by atoms with E-state index in [-0.39, 0.29) is 22.0 Å². The second kappa shape index (κ2) is 8.04. The first-order valence-corrected chi connectivity index (χ1v) is 9.96. The summed E-state index contributed by atoms with van der Waals surface area (Å²) in [5, 5.41) is 3.17. The van der Waals surface area contributed by atoms with Gasteiger partial charge in [0.1, 0.15) is 4.90 Å². The Kier molecular flexibility index (Phi) is 5.74. The third-order valence-electron chi connectivity index (χ3n) is 3.61. The van der Waals surface area contributed by atoms with Crippen molar-refractivity contribution in [1.82, 2.24) is 5.32 Å². The molecule has 0 fully saturated rings. The Morgan fingerprint density at radius 1 is 1.04 bits per heavy atom. The van der Waals surface area contributed by atoms with Crippen molar-refractivity contribution in [2.75, 3.05) is 4.72 Å². The molecule has 3 aromatic rings. The highest BCUT2D eigenvalue weighted by Gasteiger charge is 2.20. The molecule has 0 aliphatic heterocycles. The molecule has 0 saturated heterocycles. The van der Waals surface area contributed by atoms with Gasteiger partial charge in [0.05, 0.1) is 17.5 Å². The summed E-state index contributed by atoms with van der Waals surface area (Å²) >= 11 is 11.8. The van der Waals surface area contributed by atoms with Crippen LogP contribution in [0.3, 0.4) is 0 Å². The maximum atomic E-state index is 12.7. The number of anilines is 1. The van der Waals surface area contributed by atoms with Crippen LogP contribution in [0.4, 0.5) is 5.69 Å². The third-order valence-corrected chi connectivity index (χ3v) is 5.73. The van der Waals surface area contributed by atoms with Crippen molar-refractivity contribution in [1.29, 1.82) is 0 Å². The molecule has 0 aliphatic carbocycles. The summed E-state index contributed by atoms with van der Waals surface area (Å²) < 4.78 is 32.6. The molecule has 140 valence electrons. The van der Waals surface area contributed by atoms with Crippen LogP contribution in [0.5, 0.6) is 0 Å². The van der Waals surface area contributed by atoms with Crippen molar-refractivity contribution < 1.29 is 17.6 Å². The molecule has 0 unspecified atom stereocenters. The average molecular weight is 425 g/mol. The van der Waals surface area contributed by atoms with Crippen molar-refractivity contribution >= 4 is 44.8 Å². The fourth-order valence-corrected chi connectivity index (χ4v) is 3.97. The zero-order valence-corrected chi connectivity index (χ0v) is 16.1. The highest BCUT2D eigenvalue weighted by molar-refractivity contribution is 7.92. The average Bonchev–Trinajstić information content (AvgIpc) is 3.15. The van der Waals surface area contributed by atoms with Crippen molar-refractivity contribution in [3.05, 3.63) is 82.2 Å². The smallest absolute Gasteiger partial charge is 0.263 e. The zero-order valence-electron chi connectivity index (χ0n) is 13.8. The predicted octanol–water partition coefficient (Wildman–Crippen LogP) is 4.32. The quantitative estimate of drug-likeness (QED) is 0.616. The molecule has 0 aliphatic rings. The van der Waals surface area contributed by atoms with Crippen LogP contribution in [-0.2, 0) is 16.6 Å². The van der Waals surface area contributed by atoms with Crippen LogP contribution in [0.2, 0.25) is 10.0 Å². The lowest BCUT2D eigenvalue weighted by molar-refractivity contribution is 0.0950. The van der Waals surface area contributed by atoms with Gasteiger partial charge in [0, 0.05) is 28.4 Å². The molecule has 1 amide bonds. The van der Waals surface area contributed by atoms with Gasteiger partial charge >= 0.3 is 0 Å². The number of hydrogen-bond acceptors (Lipinski definition) is 4. The number of hydrogen-bond donors (Lipinski definition) is 2. The maximum Gasteiger partial charge on any atom is 0.263 e. The van der Waals surface area contributed by atoms with Gasteiger partial charge in [0.2, 0.25) is 0 Å². The predicted molar refractivity (Wildman–Crippen MR) is 104 cm³/mol. The van der Waals surface area contributed by atoms with Crippen molar-refractivity contribution in [3.8, 4) is 0 Å². The monoisotopic (exact) mass is 424 g/mol. The molecule has 9 heteroatoms. The van der Waals surface area contributed by atoms with Crippen LogP contribution in [0.1, 0.15) is 15.9 Å². The highest BCUT2D eigenvalue weighted by atomic mass is 35.5. The zero-order chi connectivity index (χ0) is 19.4. The molecular formula is C18H14Cl2N2O4S. The van der Waals surface area contributed by atoms with Gasteiger partial charge in [-0.15, -0.1) is 0 Å².